The van der Waals surface area contributed by atoms with E-state index in [1.165, 1.54) is 6.20 Å². The highest BCUT2D eigenvalue weighted by Gasteiger charge is 2.26. The van der Waals surface area contributed by atoms with Crippen molar-refractivity contribution in [3.05, 3.63) is 29.3 Å². The minimum atomic E-state index is -0.591. The second-order valence-electron chi connectivity index (χ2n) is 8.41. The van der Waals surface area contributed by atoms with E-state index in [-0.39, 0.29) is 28.5 Å². The van der Waals surface area contributed by atoms with Gasteiger partial charge in [0.15, 0.2) is 22.5 Å². The molecule has 1 aliphatic heterocycles. The first-order valence-electron chi connectivity index (χ1n) is 10.1. The van der Waals surface area contributed by atoms with Crippen LogP contribution in [0.15, 0.2) is 18.5 Å². The molecule has 2 aromatic heterocycles. The lowest BCUT2D eigenvalue weighted by Crippen LogP contribution is -2.49. The zero-order valence-electron chi connectivity index (χ0n) is 18.2. The van der Waals surface area contributed by atoms with Crippen LogP contribution in [0.1, 0.15) is 44.1 Å². The Kier molecular flexibility index (Phi) is 6.87. The molecule has 0 spiro atoms. The predicted molar refractivity (Wildman–Crippen MR) is 123 cm³/mol. The number of pyridine rings is 1. The predicted octanol–water partition coefficient (Wildman–Crippen LogP) is 2.44. The average Bonchev–Trinajstić information content (AvgIpc) is 2.69. The van der Waals surface area contributed by atoms with E-state index in [0.717, 1.165) is 25.1 Å². The first-order chi connectivity index (χ1) is 15.0. The maximum Gasteiger partial charge on any atom is 0.407 e. The van der Waals surface area contributed by atoms with Crippen LogP contribution in [0.2, 0.25) is 5.15 Å². The number of hydrogen-bond acceptors (Lipinski definition) is 9. The molecule has 1 aliphatic rings. The Morgan fingerprint density at radius 3 is 2.72 bits per heavy atom. The Hall–Kier alpha value is -3.34. The van der Waals surface area contributed by atoms with Gasteiger partial charge in [-0.25, -0.2) is 14.8 Å². The van der Waals surface area contributed by atoms with Crippen LogP contribution in [0.3, 0.4) is 0 Å². The van der Waals surface area contributed by atoms with Crippen LogP contribution in [0.5, 0.6) is 0 Å². The van der Waals surface area contributed by atoms with E-state index < -0.39 is 17.6 Å². The van der Waals surface area contributed by atoms with Crippen molar-refractivity contribution in [3.8, 4) is 0 Å². The summed E-state index contributed by atoms with van der Waals surface area (Å²) in [6, 6.07) is 1.68. The number of nitrogen functional groups attached to an aromatic ring is 2. The van der Waals surface area contributed by atoms with E-state index in [9.17, 15) is 9.59 Å². The number of halogens is 1. The van der Waals surface area contributed by atoms with Gasteiger partial charge in [-0.3, -0.25) is 9.78 Å². The van der Waals surface area contributed by atoms with Gasteiger partial charge < -0.3 is 31.7 Å². The minimum Gasteiger partial charge on any atom is -0.444 e. The quantitative estimate of drug-likeness (QED) is 0.534. The third-order valence-electron chi connectivity index (χ3n) is 4.65. The summed E-state index contributed by atoms with van der Waals surface area (Å²) < 4.78 is 5.36. The monoisotopic (exact) mass is 462 g/mol. The number of piperidine rings is 1. The number of nitrogens with one attached hydrogen (secondary N) is 2. The SMILES string of the molecule is CC(C)(C)OC(=O)N[C@H]1CCCN(c2ccncc2NC(=O)c2nc(Cl)c(N)nc2N)C1. The summed E-state index contributed by atoms with van der Waals surface area (Å²) in [5.74, 6) is -0.777. The second kappa shape index (κ2) is 9.43. The summed E-state index contributed by atoms with van der Waals surface area (Å²) >= 11 is 5.88. The lowest BCUT2D eigenvalue weighted by molar-refractivity contribution is 0.0500. The molecule has 0 bridgehead atoms. The summed E-state index contributed by atoms with van der Waals surface area (Å²) in [5, 5.41) is 5.57. The van der Waals surface area contributed by atoms with Crippen LogP contribution in [0.4, 0.5) is 27.8 Å². The van der Waals surface area contributed by atoms with Crippen LogP contribution < -0.4 is 27.0 Å². The standard InChI is InChI=1S/C20H27ClN8O3/c1-20(2,3)32-19(31)25-11-5-4-8-29(10-11)13-6-7-24-9-12(13)26-18(30)14-16(22)28-17(23)15(21)27-14/h6-7,9,11H,4-5,8,10H2,1-3H3,(H,25,31)(H,26,30)(H4,22,23,28)/t11-/m0/s1. The molecule has 172 valence electrons. The highest BCUT2D eigenvalue weighted by atomic mass is 35.5. The van der Waals surface area contributed by atoms with Gasteiger partial charge in [-0.15, -0.1) is 0 Å². The zero-order valence-corrected chi connectivity index (χ0v) is 18.9. The van der Waals surface area contributed by atoms with E-state index in [1.807, 2.05) is 20.8 Å². The summed E-state index contributed by atoms with van der Waals surface area (Å²) in [6.07, 6.45) is 4.37. The summed E-state index contributed by atoms with van der Waals surface area (Å²) in [5.41, 5.74) is 11.9. The fraction of sp³-hybridized carbons (Fsp3) is 0.450. The Morgan fingerprint density at radius 1 is 1.25 bits per heavy atom. The maximum atomic E-state index is 12.8. The molecule has 3 heterocycles. The van der Waals surface area contributed by atoms with E-state index in [4.69, 9.17) is 27.8 Å². The second-order valence-corrected chi connectivity index (χ2v) is 8.77. The van der Waals surface area contributed by atoms with Crippen LogP contribution in [-0.4, -0.2) is 51.7 Å². The fourth-order valence-corrected chi connectivity index (χ4v) is 3.46. The molecule has 6 N–H and O–H groups in total. The van der Waals surface area contributed by atoms with Crippen molar-refractivity contribution in [1.82, 2.24) is 20.3 Å². The molecular weight excluding hydrogens is 436 g/mol. The molecule has 0 saturated carbocycles. The van der Waals surface area contributed by atoms with E-state index in [2.05, 4.69) is 30.5 Å². The molecule has 0 unspecified atom stereocenters. The molecule has 0 radical (unpaired) electrons. The van der Waals surface area contributed by atoms with Crippen molar-refractivity contribution < 1.29 is 14.3 Å². The van der Waals surface area contributed by atoms with Crippen LogP contribution >= 0.6 is 11.6 Å². The van der Waals surface area contributed by atoms with Gasteiger partial charge in [0.05, 0.1) is 17.6 Å². The van der Waals surface area contributed by atoms with Crippen molar-refractivity contribution in [1.29, 1.82) is 0 Å². The molecular formula is C20H27ClN8O3. The number of alkyl carbamates (subject to hydrolysis) is 1. The normalized spacial score (nSPS) is 16.4. The average molecular weight is 463 g/mol. The van der Waals surface area contributed by atoms with Gasteiger partial charge in [-0.05, 0) is 39.7 Å². The van der Waals surface area contributed by atoms with Crippen molar-refractivity contribution in [2.45, 2.75) is 45.3 Å². The number of carbonyl (C=O) groups is 2. The van der Waals surface area contributed by atoms with Crippen molar-refractivity contribution in [2.75, 3.05) is 34.8 Å². The first kappa shape index (κ1) is 23.3. The van der Waals surface area contributed by atoms with Gasteiger partial charge >= 0.3 is 6.09 Å². The molecule has 11 nitrogen and oxygen atoms in total. The molecule has 32 heavy (non-hydrogen) atoms. The number of ether oxygens (including phenoxy) is 1. The number of nitrogens with two attached hydrogens (primary N) is 2. The van der Waals surface area contributed by atoms with Gasteiger partial charge in [0.25, 0.3) is 5.91 Å². The topological polar surface area (TPSA) is 161 Å². The molecule has 3 rings (SSSR count). The number of carbonyl (C=O) groups excluding carboxylic acids is 2. The van der Waals surface area contributed by atoms with Gasteiger partial charge in [0, 0.05) is 25.3 Å². The van der Waals surface area contributed by atoms with Gasteiger partial charge in [0.1, 0.15) is 5.60 Å². The smallest absolute Gasteiger partial charge is 0.407 e. The summed E-state index contributed by atoms with van der Waals surface area (Å²) in [6.45, 7) is 6.74. The van der Waals surface area contributed by atoms with Gasteiger partial charge in [-0.1, -0.05) is 11.6 Å². The largest absolute Gasteiger partial charge is 0.444 e. The van der Waals surface area contributed by atoms with Crippen LogP contribution in [-0.2, 0) is 4.74 Å². The Bertz CT molecular complexity index is 1010. The molecule has 2 aromatic rings. The Morgan fingerprint density at radius 2 is 2.00 bits per heavy atom. The van der Waals surface area contributed by atoms with Crippen molar-refractivity contribution in [3.63, 3.8) is 0 Å². The Balaban J connectivity index is 1.74. The Labute approximate surface area is 190 Å². The lowest BCUT2D eigenvalue weighted by atomic mass is 10.0. The maximum absolute atomic E-state index is 12.8. The molecule has 0 aromatic carbocycles. The molecule has 0 aliphatic carbocycles. The third-order valence-corrected chi connectivity index (χ3v) is 4.93. The molecule has 1 atom stereocenters. The van der Waals surface area contributed by atoms with Crippen molar-refractivity contribution >= 4 is 46.6 Å². The molecule has 1 fully saturated rings. The number of rotatable bonds is 4. The highest BCUT2D eigenvalue weighted by Crippen LogP contribution is 2.28. The number of aromatic nitrogens is 3. The third kappa shape index (κ3) is 5.88. The van der Waals surface area contributed by atoms with E-state index >= 15 is 0 Å². The summed E-state index contributed by atoms with van der Waals surface area (Å²) in [4.78, 5) is 38.9. The summed E-state index contributed by atoms with van der Waals surface area (Å²) in [7, 11) is 0. The molecule has 1 saturated heterocycles. The number of nitrogens with zero attached hydrogens (tertiary/aromatic N) is 4. The van der Waals surface area contributed by atoms with Crippen LogP contribution in [0, 0.1) is 0 Å². The van der Waals surface area contributed by atoms with E-state index in [1.54, 1.807) is 12.3 Å². The zero-order chi connectivity index (χ0) is 23.5. The first-order valence-corrected chi connectivity index (χ1v) is 10.5. The van der Waals surface area contributed by atoms with E-state index in [0.29, 0.717) is 12.2 Å². The number of hydrogen-bond donors (Lipinski definition) is 4. The number of anilines is 4. The molecule has 2 amide bonds. The highest BCUT2D eigenvalue weighted by molar-refractivity contribution is 6.31. The lowest BCUT2D eigenvalue weighted by Gasteiger charge is -2.35. The minimum absolute atomic E-state index is 0.0559. The van der Waals surface area contributed by atoms with Crippen LogP contribution in [0.25, 0.3) is 0 Å². The van der Waals surface area contributed by atoms with Gasteiger partial charge in [-0.2, -0.15) is 0 Å². The fourth-order valence-electron chi connectivity index (χ4n) is 3.34. The number of amides is 2. The molecule has 12 heteroatoms. The van der Waals surface area contributed by atoms with Crippen molar-refractivity contribution in [2.24, 2.45) is 0 Å². The van der Waals surface area contributed by atoms with Gasteiger partial charge in [0.2, 0.25) is 0 Å².